The predicted octanol–water partition coefficient (Wildman–Crippen LogP) is 3.65. The number of carboxylic acids is 1. The Kier molecular flexibility index (Phi) is 3.25. The van der Waals surface area contributed by atoms with E-state index in [1.807, 2.05) is 36.5 Å². The van der Waals surface area contributed by atoms with E-state index in [9.17, 15) is 9.90 Å². The van der Waals surface area contributed by atoms with Gasteiger partial charge in [0.1, 0.15) is 0 Å². The second-order valence-corrected chi connectivity index (χ2v) is 4.82. The molecule has 0 fully saturated rings. The van der Waals surface area contributed by atoms with Gasteiger partial charge in [-0.1, -0.05) is 36.4 Å². The number of rotatable bonds is 4. The lowest BCUT2D eigenvalue weighted by atomic mass is 9.99. The highest BCUT2D eigenvalue weighted by molar-refractivity contribution is 5.89. The number of hydrogen-bond donors (Lipinski definition) is 2. The highest BCUT2D eigenvalue weighted by Crippen LogP contribution is 2.20. The van der Waals surface area contributed by atoms with Crippen LogP contribution >= 0.6 is 0 Å². The molecule has 3 nitrogen and oxygen atoms in total. The van der Waals surface area contributed by atoms with E-state index in [4.69, 9.17) is 0 Å². The van der Waals surface area contributed by atoms with Crippen molar-refractivity contribution in [3.63, 3.8) is 0 Å². The molecule has 3 heteroatoms. The molecule has 3 rings (SSSR count). The average Bonchev–Trinajstić information content (AvgIpc) is 2.88. The van der Waals surface area contributed by atoms with Crippen molar-refractivity contribution in [1.82, 2.24) is 4.98 Å². The highest BCUT2D eigenvalue weighted by Gasteiger charge is 2.10. The largest absolute Gasteiger partial charge is 0.478 e. The summed E-state index contributed by atoms with van der Waals surface area (Å²) < 4.78 is 0. The average molecular weight is 265 g/mol. The summed E-state index contributed by atoms with van der Waals surface area (Å²) in [5.41, 5.74) is 3.62. The third kappa shape index (κ3) is 2.30. The molecular formula is C17H15NO2. The van der Waals surface area contributed by atoms with E-state index in [1.54, 1.807) is 12.1 Å². The van der Waals surface area contributed by atoms with Crippen LogP contribution in [0, 0.1) is 0 Å². The number of carboxylic acid groups (broad SMARTS) is 1. The molecule has 0 amide bonds. The van der Waals surface area contributed by atoms with Crippen molar-refractivity contribution in [3.05, 3.63) is 71.4 Å². The fourth-order valence-corrected chi connectivity index (χ4v) is 2.55. The Bertz CT molecular complexity index is 758. The maximum atomic E-state index is 11.2. The molecule has 0 atom stereocenters. The molecule has 0 saturated carbocycles. The minimum absolute atomic E-state index is 0.396. The summed E-state index contributed by atoms with van der Waals surface area (Å²) in [5, 5.41) is 10.4. The lowest BCUT2D eigenvalue weighted by molar-refractivity contribution is 0.0695. The summed E-state index contributed by atoms with van der Waals surface area (Å²) in [5.74, 6) is -0.862. The highest BCUT2D eigenvalue weighted by atomic mass is 16.4. The second-order valence-electron chi connectivity index (χ2n) is 4.82. The summed E-state index contributed by atoms with van der Waals surface area (Å²) in [4.78, 5) is 14.4. The number of carbonyl (C=O) groups is 1. The number of aromatic nitrogens is 1. The molecule has 1 heterocycles. The maximum absolute atomic E-state index is 11.2. The second kappa shape index (κ2) is 5.21. The molecule has 0 aliphatic rings. The zero-order chi connectivity index (χ0) is 13.9. The molecule has 0 spiro atoms. The summed E-state index contributed by atoms with van der Waals surface area (Å²) in [7, 11) is 0. The van der Waals surface area contributed by atoms with Gasteiger partial charge in [0.15, 0.2) is 0 Å². The topological polar surface area (TPSA) is 53.1 Å². The number of benzene rings is 2. The lowest BCUT2D eigenvalue weighted by Crippen LogP contribution is -2.03. The number of fused-ring (bicyclic) bond motifs is 1. The van der Waals surface area contributed by atoms with E-state index in [2.05, 4.69) is 11.1 Å². The van der Waals surface area contributed by atoms with Gasteiger partial charge >= 0.3 is 5.97 Å². The van der Waals surface area contributed by atoms with E-state index < -0.39 is 5.97 Å². The summed E-state index contributed by atoms with van der Waals surface area (Å²) in [6.45, 7) is 0. The van der Waals surface area contributed by atoms with Crippen LogP contribution in [0.15, 0.2) is 54.7 Å². The van der Waals surface area contributed by atoms with Crippen LogP contribution in [0.5, 0.6) is 0 Å². The number of nitrogens with one attached hydrogen (secondary N) is 1. The van der Waals surface area contributed by atoms with Gasteiger partial charge in [0.25, 0.3) is 0 Å². The smallest absolute Gasteiger partial charge is 0.335 e. The van der Waals surface area contributed by atoms with Crippen LogP contribution in [0.4, 0.5) is 0 Å². The van der Waals surface area contributed by atoms with Crippen LogP contribution in [0.25, 0.3) is 10.9 Å². The zero-order valence-corrected chi connectivity index (χ0v) is 11.0. The fourth-order valence-electron chi connectivity index (χ4n) is 2.55. The Labute approximate surface area is 116 Å². The quantitative estimate of drug-likeness (QED) is 0.756. The van der Waals surface area contributed by atoms with E-state index >= 15 is 0 Å². The van der Waals surface area contributed by atoms with E-state index in [-0.39, 0.29) is 0 Å². The first kappa shape index (κ1) is 12.5. The molecule has 0 aliphatic carbocycles. The van der Waals surface area contributed by atoms with Crippen molar-refractivity contribution >= 4 is 16.9 Å². The Morgan fingerprint density at radius 2 is 1.65 bits per heavy atom. The fraction of sp³-hybridized carbons (Fsp3) is 0.118. The van der Waals surface area contributed by atoms with Gasteiger partial charge in [-0.05, 0) is 36.1 Å². The van der Waals surface area contributed by atoms with Crippen LogP contribution < -0.4 is 0 Å². The Morgan fingerprint density at radius 1 is 0.950 bits per heavy atom. The minimum atomic E-state index is -0.862. The van der Waals surface area contributed by atoms with Gasteiger partial charge in [0.2, 0.25) is 0 Å². The van der Waals surface area contributed by atoms with E-state index in [0.29, 0.717) is 5.56 Å². The maximum Gasteiger partial charge on any atom is 0.335 e. The summed E-state index contributed by atoms with van der Waals surface area (Å²) in [6, 6.07) is 15.3. The lowest BCUT2D eigenvalue weighted by Gasteiger charge is -2.05. The number of H-pyrrole nitrogens is 1. The van der Waals surface area contributed by atoms with Crippen molar-refractivity contribution in [2.24, 2.45) is 0 Å². The minimum Gasteiger partial charge on any atom is -0.478 e. The monoisotopic (exact) mass is 265 g/mol. The molecule has 0 aliphatic heterocycles. The van der Waals surface area contributed by atoms with Crippen molar-refractivity contribution < 1.29 is 9.90 Å². The van der Waals surface area contributed by atoms with Crippen molar-refractivity contribution in [2.75, 3.05) is 0 Å². The van der Waals surface area contributed by atoms with Crippen LogP contribution in [0.3, 0.4) is 0 Å². The third-order valence-electron chi connectivity index (χ3n) is 3.59. The molecule has 0 saturated heterocycles. The first-order chi connectivity index (χ1) is 9.75. The van der Waals surface area contributed by atoms with Gasteiger partial charge in [-0.15, -0.1) is 0 Å². The third-order valence-corrected chi connectivity index (χ3v) is 3.59. The predicted molar refractivity (Wildman–Crippen MR) is 79.1 cm³/mol. The summed E-state index contributed by atoms with van der Waals surface area (Å²) >= 11 is 0. The Morgan fingerprint density at radius 3 is 2.50 bits per heavy atom. The number of aromatic carboxylic acids is 1. The number of aryl methyl sites for hydroxylation is 2. The molecule has 2 N–H and O–H groups in total. The van der Waals surface area contributed by atoms with Crippen molar-refractivity contribution in [3.8, 4) is 0 Å². The molecule has 0 bridgehead atoms. The number of aromatic amines is 1. The zero-order valence-electron chi connectivity index (χ0n) is 11.0. The van der Waals surface area contributed by atoms with Gasteiger partial charge in [0.05, 0.1) is 5.56 Å². The molecule has 0 radical (unpaired) electrons. The molecule has 100 valence electrons. The van der Waals surface area contributed by atoms with Gasteiger partial charge in [-0.25, -0.2) is 4.79 Å². The van der Waals surface area contributed by atoms with Gasteiger partial charge in [0, 0.05) is 17.1 Å². The van der Waals surface area contributed by atoms with Crippen LogP contribution in [-0.2, 0) is 12.8 Å². The molecule has 20 heavy (non-hydrogen) atoms. The number of para-hydroxylation sites is 1. The Hall–Kier alpha value is -2.55. The Balaban J connectivity index is 1.85. The number of hydrogen-bond acceptors (Lipinski definition) is 1. The molecule has 1 aromatic heterocycles. The SMILES string of the molecule is O=C(O)c1ccccc1CCc1c[nH]c2ccccc12. The molecule has 3 aromatic rings. The van der Waals surface area contributed by atoms with Crippen LogP contribution in [0.1, 0.15) is 21.5 Å². The van der Waals surface area contributed by atoms with E-state index in [0.717, 1.165) is 23.9 Å². The van der Waals surface area contributed by atoms with E-state index in [1.165, 1.54) is 10.9 Å². The van der Waals surface area contributed by atoms with Crippen LogP contribution in [0.2, 0.25) is 0 Å². The molecule has 2 aromatic carbocycles. The normalized spacial score (nSPS) is 10.8. The first-order valence-electron chi connectivity index (χ1n) is 6.62. The van der Waals surface area contributed by atoms with Gasteiger partial charge in [-0.2, -0.15) is 0 Å². The standard InChI is InChI=1S/C17H15NO2/c19-17(20)15-7-2-1-5-12(15)9-10-13-11-18-16-8-4-3-6-14(13)16/h1-8,11,18H,9-10H2,(H,19,20). The van der Waals surface area contributed by atoms with Crippen molar-refractivity contribution in [2.45, 2.75) is 12.8 Å². The molecular weight excluding hydrogens is 250 g/mol. The molecule has 0 unspecified atom stereocenters. The first-order valence-corrected chi connectivity index (χ1v) is 6.62. The summed E-state index contributed by atoms with van der Waals surface area (Å²) in [6.07, 6.45) is 3.56. The van der Waals surface area contributed by atoms with Gasteiger partial charge in [-0.3, -0.25) is 0 Å². The van der Waals surface area contributed by atoms with Crippen molar-refractivity contribution in [1.29, 1.82) is 0 Å². The van der Waals surface area contributed by atoms with Gasteiger partial charge < -0.3 is 10.1 Å². The van der Waals surface area contributed by atoms with Crippen LogP contribution in [-0.4, -0.2) is 16.1 Å².